The van der Waals surface area contributed by atoms with Gasteiger partial charge in [0.15, 0.2) is 0 Å². The maximum Gasteiger partial charge on any atom is 0.406 e. The lowest BCUT2D eigenvalue weighted by Crippen LogP contribution is -2.41. The summed E-state index contributed by atoms with van der Waals surface area (Å²) in [6.45, 7) is 2.11. The van der Waals surface area contributed by atoms with Gasteiger partial charge in [0.2, 0.25) is 0 Å². The molecule has 1 amide bonds. The number of nitrogens with zero attached hydrogens (tertiary/aromatic N) is 2. The first kappa shape index (κ1) is 16.3. The highest BCUT2D eigenvalue weighted by atomic mass is 19.4. The standard InChI is InChI=1S/C13H17F3N2O2/c1-9(2)7-18(8-13(14,15)16)12(20)10-4-5-17(3)11(19)6-10/h4-6,9H,7-8H2,1-3H3. The zero-order chi connectivity index (χ0) is 15.5. The Morgan fingerprint density at radius 2 is 2.00 bits per heavy atom. The van der Waals surface area contributed by atoms with Crippen molar-refractivity contribution in [2.24, 2.45) is 13.0 Å². The van der Waals surface area contributed by atoms with Crippen LogP contribution in [0.1, 0.15) is 24.2 Å². The van der Waals surface area contributed by atoms with E-state index in [2.05, 4.69) is 0 Å². The topological polar surface area (TPSA) is 42.3 Å². The molecule has 0 aromatic carbocycles. The van der Waals surface area contributed by atoms with Gasteiger partial charge in [-0.1, -0.05) is 13.8 Å². The van der Waals surface area contributed by atoms with Crippen molar-refractivity contribution in [3.63, 3.8) is 0 Å². The summed E-state index contributed by atoms with van der Waals surface area (Å²) in [6, 6.07) is 2.39. The average molecular weight is 290 g/mol. The van der Waals surface area contributed by atoms with Crippen LogP contribution in [-0.2, 0) is 7.05 Å². The van der Waals surface area contributed by atoms with Crippen LogP contribution in [0.4, 0.5) is 13.2 Å². The molecular formula is C13H17F3N2O2. The molecule has 0 spiro atoms. The fourth-order valence-electron chi connectivity index (χ4n) is 1.74. The molecule has 0 aliphatic heterocycles. The van der Waals surface area contributed by atoms with Gasteiger partial charge >= 0.3 is 6.18 Å². The fraction of sp³-hybridized carbons (Fsp3) is 0.538. The molecule has 7 heteroatoms. The van der Waals surface area contributed by atoms with E-state index in [1.165, 1.54) is 23.9 Å². The Morgan fingerprint density at radius 1 is 1.40 bits per heavy atom. The highest BCUT2D eigenvalue weighted by molar-refractivity contribution is 5.94. The number of amides is 1. The van der Waals surface area contributed by atoms with Crippen molar-refractivity contribution in [3.8, 4) is 0 Å². The molecule has 4 nitrogen and oxygen atoms in total. The maximum absolute atomic E-state index is 12.5. The number of pyridine rings is 1. The average Bonchev–Trinajstić information content (AvgIpc) is 2.28. The van der Waals surface area contributed by atoms with Crippen LogP contribution in [-0.4, -0.2) is 34.6 Å². The van der Waals surface area contributed by atoms with Crippen LogP contribution in [0.3, 0.4) is 0 Å². The number of hydrogen-bond donors (Lipinski definition) is 0. The predicted octanol–water partition coefficient (Wildman–Crippen LogP) is 2.05. The van der Waals surface area contributed by atoms with Gasteiger partial charge in [0.05, 0.1) is 0 Å². The van der Waals surface area contributed by atoms with Crippen LogP contribution in [0, 0.1) is 5.92 Å². The minimum absolute atomic E-state index is 0.0203. The molecule has 0 aliphatic carbocycles. The normalized spacial score (nSPS) is 11.8. The van der Waals surface area contributed by atoms with Crippen LogP contribution >= 0.6 is 0 Å². The summed E-state index contributed by atoms with van der Waals surface area (Å²) in [5.41, 5.74) is -0.467. The Morgan fingerprint density at radius 3 is 2.45 bits per heavy atom. The van der Waals surface area contributed by atoms with Gasteiger partial charge in [-0.25, -0.2) is 0 Å². The SMILES string of the molecule is CC(C)CN(CC(F)(F)F)C(=O)c1ccn(C)c(=O)c1. The van der Waals surface area contributed by atoms with Crippen molar-refractivity contribution in [1.29, 1.82) is 0 Å². The van der Waals surface area contributed by atoms with Gasteiger partial charge in [-0.15, -0.1) is 0 Å². The summed E-state index contributed by atoms with van der Waals surface area (Å²) in [7, 11) is 1.50. The van der Waals surface area contributed by atoms with E-state index in [0.717, 1.165) is 11.0 Å². The summed E-state index contributed by atoms with van der Waals surface area (Å²) >= 11 is 0. The molecule has 0 atom stereocenters. The summed E-state index contributed by atoms with van der Waals surface area (Å²) in [5.74, 6) is -0.887. The van der Waals surface area contributed by atoms with E-state index < -0.39 is 24.2 Å². The van der Waals surface area contributed by atoms with Gasteiger partial charge in [0.25, 0.3) is 11.5 Å². The molecule has 0 saturated heterocycles. The molecule has 1 rings (SSSR count). The lowest BCUT2D eigenvalue weighted by molar-refractivity contribution is -0.141. The van der Waals surface area contributed by atoms with Gasteiger partial charge < -0.3 is 9.47 Å². The smallest absolute Gasteiger partial charge is 0.329 e. The van der Waals surface area contributed by atoms with E-state index in [-0.39, 0.29) is 18.0 Å². The molecule has 0 N–H and O–H groups in total. The van der Waals surface area contributed by atoms with Crippen molar-refractivity contribution in [2.45, 2.75) is 20.0 Å². The maximum atomic E-state index is 12.5. The Bertz CT molecular complexity index is 535. The van der Waals surface area contributed by atoms with E-state index in [4.69, 9.17) is 0 Å². The Balaban J connectivity index is 3.03. The summed E-state index contributed by atoms with van der Waals surface area (Å²) in [5, 5.41) is 0. The predicted molar refractivity (Wildman–Crippen MR) is 68.5 cm³/mol. The van der Waals surface area contributed by atoms with E-state index in [9.17, 15) is 22.8 Å². The molecule has 112 valence electrons. The Kier molecular flexibility index (Phi) is 4.97. The summed E-state index contributed by atoms with van der Waals surface area (Å²) < 4.78 is 38.8. The second-order valence-corrected chi connectivity index (χ2v) is 5.06. The number of alkyl halides is 3. The Hall–Kier alpha value is -1.79. The quantitative estimate of drug-likeness (QED) is 0.851. The van der Waals surface area contributed by atoms with Crippen LogP contribution < -0.4 is 5.56 Å². The van der Waals surface area contributed by atoms with Crippen LogP contribution in [0.25, 0.3) is 0 Å². The summed E-state index contributed by atoms with van der Waals surface area (Å²) in [6.07, 6.45) is -3.11. The second kappa shape index (κ2) is 6.11. The molecule has 1 aromatic rings. The van der Waals surface area contributed by atoms with Crippen molar-refractivity contribution < 1.29 is 18.0 Å². The van der Waals surface area contributed by atoms with Crippen molar-refractivity contribution in [2.75, 3.05) is 13.1 Å². The van der Waals surface area contributed by atoms with Crippen molar-refractivity contribution >= 4 is 5.91 Å². The van der Waals surface area contributed by atoms with Crippen LogP contribution in [0.5, 0.6) is 0 Å². The molecule has 0 saturated carbocycles. The van der Waals surface area contributed by atoms with E-state index in [1.54, 1.807) is 13.8 Å². The number of carbonyl (C=O) groups is 1. The highest BCUT2D eigenvalue weighted by Gasteiger charge is 2.33. The van der Waals surface area contributed by atoms with Gasteiger partial charge in [0.1, 0.15) is 6.54 Å². The molecule has 0 fully saturated rings. The number of rotatable bonds is 4. The Labute approximate surface area is 114 Å². The molecule has 0 bridgehead atoms. The van der Waals surface area contributed by atoms with Gasteiger partial charge in [-0.3, -0.25) is 9.59 Å². The lowest BCUT2D eigenvalue weighted by atomic mass is 10.1. The van der Waals surface area contributed by atoms with E-state index >= 15 is 0 Å². The summed E-state index contributed by atoms with van der Waals surface area (Å²) in [4.78, 5) is 24.3. The number of halogens is 3. The largest absolute Gasteiger partial charge is 0.406 e. The molecule has 0 radical (unpaired) electrons. The van der Waals surface area contributed by atoms with Gasteiger partial charge in [-0.05, 0) is 12.0 Å². The zero-order valence-corrected chi connectivity index (χ0v) is 11.6. The first-order valence-electron chi connectivity index (χ1n) is 6.13. The monoisotopic (exact) mass is 290 g/mol. The first-order valence-corrected chi connectivity index (χ1v) is 6.13. The number of aryl methyl sites for hydroxylation is 1. The number of carbonyl (C=O) groups excluding carboxylic acids is 1. The van der Waals surface area contributed by atoms with Crippen molar-refractivity contribution in [1.82, 2.24) is 9.47 Å². The highest BCUT2D eigenvalue weighted by Crippen LogP contribution is 2.18. The third kappa shape index (κ3) is 4.71. The van der Waals surface area contributed by atoms with E-state index in [1.807, 2.05) is 0 Å². The lowest BCUT2D eigenvalue weighted by Gasteiger charge is -2.25. The third-order valence-corrected chi connectivity index (χ3v) is 2.59. The zero-order valence-electron chi connectivity index (χ0n) is 11.6. The minimum atomic E-state index is -4.47. The molecule has 1 heterocycles. The van der Waals surface area contributed by atoms with Crippen LogP contribution in [0.2, 0.25) is 0 Å². The van der Waals surface area contributed by atoms with Crippen molar-refractivity contribution in [3.05, 3.63) is 34.2 Å². The molecule has 0 unspecified atom stereocenters. The molecule has 1 aromatic heterocycles. The van der Waals surface area contributed by atoms with E-state index in [0.29, 0.717) is 0 Å². The van der Waals surface area contributed by atoms with Crippen LogP contribution in [0.15, 0.2) is 23.1 Å². The van der Waals surface area contributed by atoms with Gasteiger partial charge in [-0.2, -0.15) is 13.2 Å². The number of hydrogen-bond acceptors (Lipinski definition) is 2. The molecule has 0 aliphatic rings. The second-order valence-electron chi connectivity index (χ2n) is 5.06. The van der Waals surface area contributed by atoms with Gasteiger partial charge in [0, 0.05) is 31.4 Å². The third-order valence-electron chi connectivity index (χ3n) is 2.59. The minimum Gasteiger partial charge on any atom is -0.329 e. The molecular weight excluding hydrogens is 273 g/mol. The number of aromatic nitrogens is 1. The fourth-order valence-corrected chi connectivity index (χ4v) is 1.74. The molecule has 20 heavy (non-hydrogen) atoms. The first-order chi connectivity index (χ1) is 9.10.